The molecule has 1 N–H and O–H groups in total. The highest BCUT2D eigenvalue weighted by atomic mass is 32.2. The lowest BCUT2D eigenvalue weighted by atomic mass is 10.2. The van der Waals surface area contributed by atoms with E-state index in [-0.39, 0.29) is 0 Å². The molecule has 0 aromatic rings. The molecule has 0 aliphatic carbocycles. The molecule has 0 aromatic heterocycles. The van der Waals surface area contributed by atoms with Gasteiger partial charge in [-0.05, 0) is 45.2 Å². The van der Waals surface area contributed by atoms with E-state index in [4.69, 9.17) is 4.74 Å². The Kier molecular flexibility index (Phi) is 12.6. The maximum Gasteiger partial charge on any atom is 0.0616 e. The monoisotopic (exact) mass is 233 g/mol. The molecule has 0 aliphatic heterocycles. The van der Waals surface area contributed by atoms with Gasteiger partial charge in [-0.15, -0.1) is 0 Å². The molecule has 0 aliphatic rings. The fourth-order valence-corrected chi connectivity index (χ4v) is 1.92. The summed E-state index contributed by atoms with van der Waals surface area (Å²) >= 11 is 1.95. The van der Waals surface area contributed by atoms with E-state index >= 15 is 0 Å². The van der Waals surface area contributed by atoms with Crippen molar-refractivity contribution >= 4 is 11.8 Å². The zero-order chi connectivity index (χ0) is 11.4. The fraction of sp³-hybridized carbons (Fsp3) is 1.00. The van der Waals surface area contributed by atoms with Crippen LogP contribution in [0.2, 0.25) is 0 Å². The van der Waals surface area contributed by atoms with Crippen molar-refractivity contribution in [1.82, 2.24) is 5.32 Å². The molecule has 0 aromatic carbocycles. The molecule has 1 unspecified atom stereocenters. The quantitative estimate of drug-likeness (QED) is 0.554. The van der Waals surface area contributed by atoms with Crippen molar-refractivity contribution in [3.8, 4) is 0 Å². The Bertz CT molecular complexity index is 122. The lowest BCUT2D eigenvalue weighted by molar-refractivity contribution is 0.127. The first-order valence-electron chi connectivity index (χ1n) is 6.11. The van der Waals surface area contributed by atoms with Crippen LogP contribution in [0.1, 0.15) is 39.5 Å². The number of hydrogen-bond donors (Lipinski definition) is 1. The van der Waals surface area contributed by atoms with Gasteiger partial charge in [-0.25, -0.2) is 0 Å². The van der Waals surface area contributed by atoms with Crippen molar-refractivity contribution in [1.29, 1.82) is 0 Å². The van der Waals surface area contributed by atoms with Gasteiger partial charge in [0.2, 0.25) is 0 Å². The zero-order valence-electron chi connectivity index (χ0n) is 10.6. The molecule has 0 saturated heterocycles. The molecule has 0 fully saturated rings. The van der Waals surface area contributed by atoms with E-state index in [1.54, 1.807) is 0 Å². The summed E-state index contributed by atoms with van der Waals surface area (Å²) in [6, 6.07) is 0.496. The van der Waals surface area contributed by atoms with Gasteiger partial charge in [0.05, 0.1) is 6.61 Å². The van der Waals surface area contributed by atoms with Crippen LogP contribution in [-0.2, 0) is 4.74 Å². The summed E-state index contributed by atoms with van der Waals surface area (Å²) in [5.41, 5.74) is 0. The smallest absolute Gasteiger partial charge is 0.0616 e. The first-order valence-corrected chi connectivity index (χ1v) is 7.50. The Morgan fingerprint density at radius 2 is 1.93 bits per heavy atom. The third-order valence-corrected chi connectivity index (χ3v) is 3.04. The number of unbranched alkanes of at least 4 members (excludes halogenated alkanes) is 3. The van der Waals surface area contributed by atoms with Crippen molar-refractivity contribution in [3.63, 3.8) is 0 Å². The van der Waals surface area contributed by atoms with Crippen molar-refractivity contribution in [2.24, 2.45) is 0 Å². The highest BCUT2D eigenvalue weighted by molar-refractivity contribution is 7.98. The molecular weight excluding hydrogens is 206 g/mol. The number of nitrogens with one attached hydrogen (secondary N) is 1. The lowest BCUT2D eigenvalue weighted by Gasteiger charge is -2.13. The molecule has 0 heterocycles. The normalized spacial score (nSPS) is 13.0. The molecule has 0 radical (unpaired) electrons. The molecule has 0 saturated carbocycles. The number of ether oxygens (including phenoxy) is 1. The average molecular weight is 233 g/mol. The van der Waals surface area contributed by atoms with Gasteiger partial charge in [-0.1, -0.05) is 12.8 Å². The molecule has 0 rings (SSSR count). The van der Waals surface area contributed by atoms with Crippen LogP contribution in [0.15, 0.2) is 0 Å². The predicted octanol–water partition coefficient (Wildman–Crippen LogP) is 2.92. The fourth-order valence-electron chi connectivity index (χ4n) is 1.43. The molecule has 92 valence electrons. The summed E-state index contributed by atoms with van der Waals surface area (Å²) < 4.78 is 5.34. The third kappa shape index (κ3) is 12.2. The minimum absolute atomic E-state index is 0.496. The molecule has 15 heavy (non-hydrogen) atoms. The largest absolute Gasteiger partial charge is 0.380 e. The van der Waals surface area contributed by atoms with Crippen molar-refractivity contribution in [2.75, 3.05) is 31.8 Å². The van der Waals surface area contributed by atoms with Crippen LogP contribution in [0.25, 0.3) is 0 Å². The second-order valence-corrected chi connectivity index (χ2v) is 4.91. The average Bonchev–Trinajstić information content (AvgIpc) is 2.25. The molecule has 0 amide bonds. The first-order chi connectivity index (χ1) is 7.31. The SMILES string of the molecule is CCOCC(C)NCCCCCCSC. The van der Waals surface area contributed by atoms with Gasteiger partial charge in [0.15, 0.2) is 0 Å². The Morgan fingerprint density at radius 1 is 1.20 bits per heavy atom. The highest BCUT2D eigenvalue weighted by Crippen LogP contribution is 2.03. The minimum Gasteiger partial charge on any atom is -0.380 e. The van der Waals surface area contributed by atoms with E-state index in [9.17, 15) is 0 Å². The van der Waals surface area contributed by atoms with Gasteiger partial charge in [-0.3, -0.25) is 0 Å². The van der Waals surface area contributed by atoms with E-state index in [0.29, 0.717) is 6.04 Å². The van der Waals surface area contributed by atoms with Gasteiger partial charge in [0, 0.05) is 12.6 Å². The maximum atomic E-state index is 5.34. The highest BCUT2D eigenvalue weighted by Gasteiger charge is 1.99. The van der Waals surface area contributed by atoms with Gasteiger partial charge < -0.3 is 10.1 Å². The molecular formula is C12H27NOS. The van der Waals surface area contributed by atoms with Crippen LogP contribution in [0.5, 0.6) is 0 Å². The van der Waals surface area contributed by atoms with Crippen LogP contribution >= 0.6 is 11.8 Å². The van der Waals surface area contributed by atoms with E-state index in [2.05, 4.69) is 18.5 Å². The molecule has 0 spiro atoms. The summed E-state index contributed by atoms with van der Waals surface area (Å²) in [5.74, 6) is 1.31. The predicted molar refractivity (Wildman–Crippen MR) is 70.8 cm³/mol. The summed E-state index contributed by atoms with van der Waals surface area (Å²) in [7, 11) is 0. The van der Waals surface area contributed by atoms with Crippen LogP contribution in [0.4, 0.5) is 0 Å². The molecule has 3 heteroatoms. The minimum atomic E-state index is 0.496. The zero-order valence-corrected chi connectivity index (χ0v) is 11.4. The number of rotatable bonds is 11. The maximum absolute atomic E-state index is 5.34. The van der Waals surface area contributed by atoms with Crippen molar-refractivity contribution < 1.29 is 4.74 Å². The lowest BCUT2D eigenvalue weighted by Crippen LogP contribution is -2.31. The Labute approximate surface area is 99.5 Å². The van der Waals surface area contributed by atoms with Crippen LogP contribution in [0, 0.1) is 0 Å². The second kappa shape index (κ2) is 12.3. The van der Waals surface area contributed by atoms with Crippen LogP contribution in [-0.4, -0.2) is 37.8 Å². The van der Waals surface area contributed by atoms with E-state index in [1.807, 2.05) is 18.7 Å². The molecule has 1 atom stereocenters. The third-order valence-electron chi connectivity index (χ3n) is 2.34. The number of hydrogen-bond acceptors (Lipinski definition) is 3. The van der Waals surface area contributed by atoms with Crippen LogP contribution < -0.4 is 5.32 Å². The van der Waals surface area contributed by atoms with E-state index in [1.165, 1.54) is 31.4 Å². The van der Waals surface area contributed by atoms with Gasteiger partial charge >= 0.3 is 0 Å². The van der Waals surface area contributed by atoms with E-state index < -0.39 is 0 Å². The standard InChI is InChI=1S/C12H27NOS/c1-4-14-11-12(2)13-9-7-5-6-8-10-15-3/h12-13H,4-11H2,1-3H3. The topological polar surface area (TPSA) is 21.3 Å². The second-order valence-electron chi connectivity index (χ2n) is 3.92. The van der Waals surface area contributed by atoms with Crippen molar-refractivity contribution in [3.05, 3.63) is 0 Å². The Morgan fingerprint density at radius 3 is 2.60 bits per heavy atom. The van der Waals surface area contributed by atoms with Gasteiger partial charge in [0.1, 0.15) is 0 Å². The molecule has 2 nitrogen and oxygen atoms in total. The molecule has 0 bridgehead atoms. The number of thioether (sulfide) groups is 1. The van der Waals surface area contributed by atoms with Gasteiger partial charge in [-0.2, -0.15) is 11.8 Å². The van der Waals surface area contributed by atoms with Crippen LogP contribution in [0.3, 0.4) is 0 Å². The summed E-state index contributed by atoms with van der Waals surface area (Å²) in [5, 5.41) is 3.48. The Hall–Kier alpha value is 0.270. The van der Waals surface area contributed by atoms with Gasteiger partial charge in [0.25, 0.3) is 0 Å². The van der Waals surface area contributed by atoms with Crippen molar-refractivity contribution in [2.45, 2.75) is 45.6 Å². The summed E-state index contributed by atoms with van der Waals surface area (Å²) in [4.78, 5) is 0. The Balaban J connectivity index is 3.02. The summed E-state index contributed by atoms with van der Waals surface area (Å²) in [6.45, 7) is 7.01. The first kappa shape index (κ1) is 15.3. The summed E-state index contributed by atoms with van der Waals surface area (Å²) in [6.07, 6.45) is 7.58. The van der Waals surface area contributed by atoms with E-state index in [0.717, 1.165) is 19.8 Å².